The summed E-state index contributed by atoms with van der Waals surface area (Å²) in [6.45, 7) is -0.372. The Morgan fingerprint density at radius 2 is 2.29 bits per heavy atom. The molecule has 1 unspecified atom stereocenters. The fraction of sp³-hybridized carbons (Fsp3) is 0.500. The van der Waals surface area contributed by atoms with E-state index in [1.807, 2.05) is 4.90 Å². The van der Waals surface area contributed by atoms with Crippen molar-refractivity contribution in [2.24, 2.45) is 5.73 Å². The first kappa shape index (κ1) is 15.2. The smallest absolute Gasteiger partial charge is 0.422 e. The Labute approximate surface area is 118 Å². The number of rotatable bonds is 4. The minimum Gasteiger partial charge on any atom is -0.468 e. The van der Waals surface area contributed by atoms with Crippen molar-refractivity contribution in [2.45, 2.75) is 18.7 Å². The van der Waals surface area contributed by atoms with Crippen LogP contribution in [0.1, 0.15) is 6.42 Å². The first-order valence-corrected chi connectivity index (χ1v) is 6.20. The van der Waals surface area contributed by atoms with Crippen LogP contribution < -0.4 is 15.4 Å². The molecule has 1 amide bonds. The molecule has 0 radical (unpaired) electrons. The number of primary amides is 1. The van der Waals surface area contributed by atoms with Gasteiger partial charge in [0.2, 0.25) is 5.88 Å². The Hall–Kier alpha value is -2.19. The maximum atomic E-state index is 12.1. The average molecular weight is 305 g/mol. The minimum absolute atomic E-state index is 0.107. The lowest BCUT2D eigenvalue weighted by Crippen LogP contribution is -2.27. The molecule has 1 atom stereocenters. The fourth-order valence-electron chi connectivity index (χ4n) is 2.05. The summed E-state index contributed by atoms with van der Waals surface area (Å²) in [6.07, 6.45) is -3.61. The highest BCUT2D eigenvalue weighted by molar-refractivity contribution is 5.65. The molecule has 1 fully saturated rings. The number of nitrogens with two attached hydrogens (primary N) is 1. The third-order valence-electron chi connectivity index (χ3n) is 2.90. The molecule has 0 aromatic carbocycles. The van der Waals surface area contributed by atoms with Crippen molar-refractivity contribution < 1.29 is 27.4 Å². The maximum Gasteiger partial charge on any atom is 0.422 e. The number of alkyl halides is 3. The summed E-state index contributed by atoms with van der Waals surface area (Å²) in [7, 11) is 0. The largest absolute Gasteiger partial charge is 0.468 e. The number of carbonyl (C=O) groups is 1. The number of halogens is 3. The van der Waals surface area contributed by atoms with E-state index in [0.29, 0.717) is 25.2 Å². The summed E-state index contributed by atoms with van der Waals surface area (Å²) >= 11 is 0. The highest BCUT2D eigenvalue weighted by atomic mass is 19.4. The van der Waals surface area contributed by atoms with Crippen LogP contribution in [0.4, 0.5) is 23.7 Å². The van der Waals surface area contributed by atoms with Crippen LogP contribution in [0.15, 0.2) is 18.3 Å². The summed E-state index contributed by atoms with van der Waals surface area (Å²) in [4.78, 5) is 16.3. The number of ether oxygens (including phenoxy) is 2. The molecule has 2 N–H and O–H groups in total. The van der Waals surface area contributed by atoms with Gasteiger partial charge < -0.3 is 20.1 Å². The molecule has 1 aromatic heterocycles. The van der Waals surface area contributed by atoms with Gasteiger partial charge in [0.05, 0.1) is 6.54 Å². The van der Waals surface area contributed by atoms with E-state index in [9.17, 15) is 18.0 Å². The van der Waals surface area contributed by atoms with Gasteiger partial charge in [-0.3, -0.25) is 0 Å². The first-order chi connectivity index (χ1) is 9.83. The second-order valence-corrected chi connectivity index (χ2v) is 4.55. The molecular weight excluding hydrogens is 291 g/mol. The maximum absolute atomic E-state index is 12.1. The zero-order valence-corrected chi connectivity index (χ0v) is 11.0. The molecular formula is C12H14F3N3O3. The summed E-state index contributed by atoms with van der Waals surface area (Å²) in [5.74, 6) is -0.107. The Kier molecular flexibility index (Phi) is 4.39. The zero-order valence-electron chi connectivity index (χ0n) is 11.0. The molecule has 1 aliphatic heterocycles. The standard InChI is InChI=1S/C12H14F3N3O3/c13-12(14,15)7-20-10-5-8(1-3-17-10)18-4-2-9(6-18)21-11(16)19/h1,3,5,9H,2,4,6-7H2,(H2,16,19). The van der Waals surface area contributed by atoms with E-state index in [0.717, 1.165) is 0 Å². The molecule has 6 nitrogen and oxygen atoms in total. The van der Waals surface area contributed by atoms with Gasteiger partial charge in [0.1, 0.15) is 6.10 Å². The molecule has 0 spiro atoms. The Morgan fingerprint density at radius 3 is 2.95 bits per heavy atom. The molecule has 1 aliphatic rings. The van der Waals surface area contributed by atoms with Crippen LogP contribution in [0, 0.1) is 0 Å². The lowest BCUT2D eigenvalue weighted by Gasteiger charge is -2.19. The normalized spacial score (nSPS) is 18.6. The van der Waals surface area contributed by atoms with E-state index in [1.165, 1.54) is 12.3 Å². The third kappa shape index (κ3) is 4.69. The van der Waals surface area contributed by atoms with E-state index in [1.54, 1.807) is 6.07 Å². The van der Waals surface area contributed by atoms with Gasteiger partial charge in [-0.1, -0.05) is 0 Å². The van der Waals surface area contributed by atoms with Gasteiger partial charge in [0.15, 0.2) is 6.61 Å². The van der Waals surface area contributed by atoms with Crippen LogP contribution in [0.3, 0.4) is 0 Å². The van der Waals surface area contributed by atoms with Gasteiger partial charge in [-0.2, -0.15) is 13.2 Å². The van der Waals surface area contributed by atoms with Gasteiger partial charge in [0.25, 0.3) is 0 Å². The topological polar surface area (TPSA) is 77.7 Å². The van der Waals surface area contributed by atoms with Crippen LogP contribution in [0.5, 0.6) is 5.88 Å². The molecule has 0 bridgehead atoms. The van der Waals surface area contributed by atoms with Crippen molar-refractivity contribution >= 4 is 11.8 Å². The van der Waals surface area contributed by atoms with Crippen molar-refractivity contribution in [3.05, 3.63) is 18.3 Å². The number of hydrogen-bond donors (Lipinski definition) is 1. The second-order valence-electron chi connectivity index (χ2n) is 4.55. The van der Waals surface area contributed by atoms with E-state index in [2.05, 4.69) is 9.72 Å². The summed E-state index contributed by atoms with van der Waals surface area (Å²) in [5.41, 5.74) is 5.60. The number of anilines is 1. The third-order valence-corrected chi connectivity index (χ3v) is 2.90. The molecule has 1 aromatic rings. The predicted octanol–water partition coefficient (Wildman–Crippen LogP) is 1.70. The number of hydrogen-bond acceptors (Lipinski definition) is 5. The second kappa shape index (κ2) is 6.06. The van der Waals surface area contributed by atoms with Gasteiger partial charge in [-0.25, -0.2) is 9.78 Å². The van der Waals surface area contributed by atoms with Crippen molar-refractivity contribution in [2.75, 3.05) is 24.6 Å². The summed E-state index contributed by atoms with van der Waals surface area (Å²) in [6, 6.07) is 3.06. The Morgan fingerprint density at radius 1 is 1.52 bits per heavy atom. The minimum atomic E-state index is -4.41. The molecule has 2 rings (SSSR count). The van der Waals surface area contributed by atoms with Crippen molar-refractivity contribution in [3.8, 4) is 5.88 Å². The lowest BCUT2D eigenvalue weighted by molar-refractivity contribution is -0.154. The van der Waals surface area contributed by atoms with Gasteiger partial charge >= 0.3 is 12.3 Å². The molecule has 116 valence electrons. The number of carbonyl (C=O) groups excluding carboxylic acids is 1. The highest BCUT2D eigenvalue weighted by Crippen LogP contribution is 2.25. The molecule has 2 heterocycles. The Bertz CT molecular complexity index is 510. The molecule has 1 saturated heterocycles. The number of pyridine rings is 1. The molecule has 21 heavy (non-hydrogen) atoms. The summed E-state index contributed by atoms with van der Waals surface area (Å²) < 4.78 is 45.8. The number of aromatic nitrogens is 1. The predicted molar refractivity (Wildman–Crippen MR) is 67.1 cm³/mol. The van der Waals surface area contributed by atoms with Crippen LogP contribution in [0.25, 0.3) is 0 Å². The fourth-order valence-corrected chi connectivity index (χ4v) is 2.05. The van der Waals surface area contributed by atoms with Crippen LogP contribution in [-0.2, 0) is 4.74 Å². The van der Waals surface area contributed by atoms with Crippen molar-refractivity contribution in [1.82, 2.24) is 4.98 Å². The number of amides is 1. The van der Waals surface area contributed by atoms with Gasteiger partial charge in [-0.15, -0.1) is 0 Å². The summed E-state index contributed by atoms with van der Waals surface area (Å²) in [5, 5.41) is 0. The monoisotopic (exact) mass is 305 g/mol. The average Bonchev–Trinajstić information content (AvgIpc) is 2.83. The molecule has 0 saturated carbocycles. The number of nitrogens with zero attached hydrogens (tertiary/aromatic N) is 2. The van der Waals surface area contributed by atoms with E-state index >= 15 is 0 Å². The van der Waals surface area contributed by atoms with E-state index in [4.69, 9.17) is 10.5 Å². The molecule has 0 aliphatic carbocycles. The van der Waals surface area contributed by atoms with Gasteiger partial charge in [0, 0.05) is 30.9 Å². The molecule has 9 heteroatoms. The Balaban J connectivity index is 1.96. The lowest BCUT2D eigenvalue weighted by atomic mass is 10.3. The van der Waals surface area contributed by atoms with Crippen LogP contribution in [-0.4, -0.2) is 43.1 Å². The van der Waals surface area contributed by atoms with Crippen molar-refractivity contribution in [1.29, 1.82) is 0 Å². The zero-order chi connectivity index (χ0) is 15.5. The highest BCUT2D eigenvalue weighted by Gasteiger charge is 2.29. The quantitative estimate of drug-likeness (QED) is 0.916. The van der Waals surface area contributed by atoms with Crippen molar-refractivity contribution in [3.63, 3.8) is 0 Å². The first-order valence-electron chi connectivity index (χ1n) is 6.20. The van der Waals surface area contributed by atoms with Crippen LogP contribution in [0.2, 0.25) is 0 Å². The van der Waals surface area contributed by atoms with Crippen LogP contribution >= 0.6 is 0 Å². The SMILES string of the molecule is NC(=O)OC1CCN(c2ccnc(OCC(F)(F)F)c2)C1. The van der Waals surface area contributed by atoms with E-state index < -0.39 is 18.9 Å². The van der Waals surface area contributed by atoms with Gasteiger partial charge in [-0.05, 0) is 6.07 Å². The van der Waals surface area contributed by atoms with E-state index in [-0.39, 0.29) is 12.0 Å².